The average Bonchev–Trinajstić information content (AvgIpc) is 2.25. The van der Waals surface area contributed by atoms with Gasteiger partial charge in [0.05, 0.1) is 11.3 Å². The molecule has 0 unspecified atom stereocenters. The van der Waals surface area contributed by atoms with E-state index in [2.05, 4.69) is 4.72 Å². The lowest BCUT2D eigenvalue weighted by molar-refractivity contribution is -0.134. The zero-order valence-electron chi connectivity index (χ0n) is 11.1. The maximum Gasteiger partial charge on any atom is 0.389 e. The first-order chi connectivity index (χ1) is 9.50. The minimum Gasteiger partial charge on any atom is -0.478 e. The Kier molecular flexibility index (Phi) is 5.21. The second-order valence-electron chi connectivity index (χ2n) is 4.47. The van der Waals surface area contributed by atoms with Crippen LogP contribution in [0.25, 0.3) is 0 Å². The number of rotatable bonds is 6. The second-order valence-corrected chi connectivity index (χ2v) is 6.32. The smallest absolute Gasteiger partial charge is 0.389 e. The molecule has 0 saturated heterocycles. The van der Waals surface area contributed by atoms with Crippen molar-refractivity contribution >= 4 is 21.7 Å². The van der Waals surface area contributed by atoms with E-state index in [1.54, 1.807) is 0 Å². The highest BCUT2D eigenvalue weighted by Gasteiger charge is 2.27. The number of benzene rings is 1. The molecule has 0 atom stereocenters. The van der Waals surface area contributed by atoms with E-state index < -0.39 is 40.8 Å². The SMILES string of the molecule is Cc1cc(NS(=O)(=O)CCCC(F)(F)F)ccc1C(=O)O. The number of carboxylic acids is 1. The molecule has 5 nitrogen and oxygen atoms in total. The summed E-state index contributed by atoms with van der Waals surface area (Å²) >= 11 is 0. The number of carboxylic acid groups (broad SMARTS) is 1. The maximum atomic E-state index is 12.0. The number of alkyl halides is 3. The van der Waals surface area contributed by atoms with Crippen molar-refractivity contribution in [2.24, 2.45) is 0 Å². The monoisotopic (exact) mass is 325 g/mol. The summed E-state index contributed by atoms with van der Waals surface area (Å²) in [4.78, 5) is 10.8. The Morgan fingerprint density at radius 2 is 1.95 bits per heavy atom. The van der Waals surface area contributed by atoms with Crippen LogP contribution in [0.1, 0.15) is 28.8 Å². The van der Waals surface area contributed by atoms with Gasteiger partial charge in [-0.15, -0.1) is 0 Å². The van der Waals surface area contributed by atoms with Crippen LogP contribution >= 0.6 is 0 Å². The molecule has 1 aromatic rings. The molecule has 0 aromatic heterocycles. The topological polar surface area (TPSA) is 83.5 Å². The fourth-order valence-electron chi connectivity index (χ4n) is 1.66. The van der Waals surface area contributed by atoms with Crippen LogP contribution in [0.4, 0.5) is 18.9 Å². The van der Waals surface area contributed by atoms with Crippen molar-refractivity contribution in [1.82, 2.24) is 0 Å². The molecule has 0 aliphatic heterocycles. The van der Waals surface area contributed by atoms with Crippen LogP contribution in [0.15, 0.2) is 18.2 Å². The number of anilines is 1. The number of sulfonamides is 1. The van der Waals surface area contributed by atoms with Gasteiger partial charge in [0.1, 0.15) is 0 Å². The van der Waals surface area contributed by atoms with Gasteiger partial charge in [-0.3, -0.25) is 4.72 Å². The van der Waals surface area contributed by atoms with Gasteiger partial charge in [0, 0.05) is 12.1 Å². The van der Waals surface area contributed by atoms with Gasteiger partial charge in [-0.05, 0) is 37.1 Å². The second kappa shape index (κ2) is 6.33. The number of aromatic carboxylic acids is 1. The summed E-state index contributed by atoms with van der Waals surface area (Å²) in [7, 11) is -3.90. The first-order valence-electron chi connectivity index (χ1n) is 5.91. The first kappa shape index (κ1) is 17.3. The van der Waals surface area contributed by atoms with Crippen molar-refractivity contribution < 1.29 is 31.5 Å². The molecular weight excluding hydrogens is 311 g/mol. The molecule has 0 saturated carbocycles. The van der Waals surface area contributed by atoms with Crippen molar-refractivity contribution in [3.8, 4) is 0 Å². The summed E-state index contributed by atoms with van der Waals surface area (Å²) in [5, 5.41) is 8.84. The zero-order chi connectivity index (χ0) is 16.3. The molecule has 1 aromatic carbocycles. The molecule has 21 heavy (non-hydrogen) atoms. The van der Waals surface area contributed by atoms with Crippen LogP contribution in [-0.2, 0) is 10.0 Å². The summed E-state index contributed by atoms with van der Waals surface area (Å²) in [5.74, 6) is -1.81. The molecule has 0 fully saturated rings. The number of halogens is 3. The Labute approximate surface area is 119 Å². The number of aryl methyl sites for hydroxylation is 1. The molecule has 0 bridgehead atoms. The molecule has 118 valence electrons. The summed E-state index contributed by atoms with van der Waals surface area (Å²) in [5.41, 5.74) is 0.484. The summed E-state index contributed by atoms with van der Waals surface area (Å²) in [6, 6.07) is 3.79. The van der Waals surface area contributed by atoms with Gasteiger partial charge in [0.25, 0.3) is 0 Å². The quantitative estimate of drug-likeness (QED) is 0.842. The number of nitrogens with one attached hydrogen (secondary N) is 1. The van der Waals surface area contributed by atoms with E-state index >= 15 is 0 Å². The predicted molar refractivity (Wildman–Crippen MR) is 70.8 cm³/mol. The van der Waals surface area contributed by atoms with E-state index in [0.29, 0.717) is 5.56 Å². The van der Waals surface area contributed by atoms with Gasteiger partial charge in [-0.1, -0.05) is 0 Å². The highest BCUT2D eigenvalue weighted by molar-refractivity contribution is 7.92. The average molecular weight is 325 g/mol. The van der Waals surface area contributed by atoms with E-state index in [1.165, 1.54) is 25.1 Å². The van der Waals surface area contributed by atoms with Crippen LogP contribution in [0.2, 0.25) is 0 Å². The van der Waals surface area contributed by atoms with E-state index in [-0.39, 0.29) is 11.3 Å². The Bertz CT molecular complexity index is 626. The number of carbonyl (C=O) groups is 1. The molecule has 0 heterocycles. The highest BCUT2D eigenvalue weighted by atomic mass is 32.2. The molecular formula is C12H14F3NO4S. The fourth-order valence-corrected chi connectivity index (χ4v) is 2.77. The van der Waals surface area contributed by atoms with E-state index in [9.17, 15) is 26.4 Å². The van der Waals surface area contributed by atoms with E-state index in [0.717, 1.165) is 0 Å². The Balaban J connectivity index is 2.72. The summed E-state index contributed by atoms with van der Waals surface area (Å²) < 4.78 is 61.2. The van der Waals surface area contributed by atoms with Crippen LogP contribution in [0, 0.1) is 6.92 Å². The van der Waals surface area contributed by atoms with Gasteiger partial charge >= 0.3 is 12.1 Å². The zero-order valence-corrected chi connectivity index (χ0v) is 11.9. The Morgan fingerprint density at radius 1 is 1.33 bits per heavy atom. The van der Waals surface area contributed by atoms with Crippen LogP contribution in [0.5, 0.6) is 0 Å². The predicted octanol–water partition coefficient (Wildman–Crippen LogP) is 2.78. The molecule has 0 aliphatic rings. The van der Waals surface area contributed by atoms with Crippen molar-refractivity contribution in [1.29, 1.82) is 0 Å². The molecule has 0 spiro atoms. The normalized spacial score (nSPS) is 12.2. The van der Waals surface area contributed by atoms with Crippen molar-refractivity contribution in [2.45, 2.75) is 25.9 Å². The molecule has 1 rings (SSSR count). The first-order valence-corrected chi connectivity index (χ1v) is 7.56. The molecule has 0 aliphatic carbocycles. The third kappa shape index (κ3) is 6.03. The molecule has 9 heteroatoms. The van der Waals surface area contributed by atoms with Gasteiger partial charge in [0.15, 0.2) is 0 Å². The Hall–Kier alpha value is -1.77. The number of hydrogen-bond acceptors (Lipinski definition) is 3. The van der Waals surface area contributed by atoms with Crippen LogP contribution < -0.4 is 4.72 Å². The Morgan fingerprint density at radius 3 is 2.43 bits per heavy atom. The van der Waals surface area contributed by atoms with Crippen molar-refractivity contribution in [2.75, 3.05) is 10.5 Å². The summed E-state index contributed by atoms with van der Waals surface area (Å²) in [6.07, 6.45) is -6.11. The van der Waals surface area contributed by atoms with Gasteiger partial charge < -0.3 is 5.11 Å². The van der Waals surface area contributed by atoms with E-state index in [4.69, 9.17) is 5.11 Å². The molecule has 0 amide bonds. The number of hydrogen-bond donors (Lipinski definition) is 2. The molecule has 2 N–H and O–H groups in total. The maximum absolute atomic E-state index is 12.0. The summed E-state index contributed by atoms with van der Waals surface area (Å²) in [6.45, 7) is 1.49. The third-order valence-electron chi connectivity index (χ3n) is 2.60. The standard InChI is InChI=1S/C12H14F3NO4S/c1-8-7-9(3-4-10(8)11(17)18)16-21(19,20)6-2-5-12(13,14)15/h3-4,7,16H,2,5-6H2,1H3,(H,17,18). The van der Waals surface area contributed by atoms with Crippen LogP contribution in [0.3, 0.4) is 0 Å². The van der Waals surface area contributed by atoms with E-state index in [1.807, 2.05) is 0 Å². The van der Waals surface area contributed by atoms with Gasteiger partial charge in [-0.2, -0.15) is 13.2 Å². The van der Waals surface area contributed by atoms with Crippen LogP contribution in [-0.4, -0.2) is 31.4 Å². The third-order valence-corrected chi connectivity index (χ3v) is 3.98. The lowest BCUT2D eigenvalue weighted by atomic mass is 10.1. The van der Waals surface area contributed by atoms with Gasteiger partial charge in [0.2, 0.25) is 10.0 Å². The van der Waals surface area contributed by atoms with Crippen molar-refractivity contribution in [3.63, 3.8) is 0 Å². The van der Waals surface area contributed by atoms with Gasteiger partial charge in [-0.25, -0.2) is 13.2 Å². The fraction of sp³-hybridized carbons (Fsp3) is 0.417. The minimum atomic E-state index is -4.39. The van der Waals surface area contributed by atoms with Crippen molar-refractivity contribution in [3.05, 3.63) is 29.3 Å². The lowest BCUT2D eigenvalue weighted by Crippen LogP contribution is -2.19. The minimum absolute atomic E-state index is 0.0232. The highest BCUT2D eigenvalue weighted by Crippen LogP contribution is 2.22. The lowest BCUT2D eigenvalue weighted by Gasteiger charge is -2.10. The molecule has 0 radical (unpaired) electrons. The largest absolute Gasteiger partial charge is 0.478 e.